The Bertz CT molecular complexity index is 630. The van der Waals surface area contributed by atoms with Gasteiger partial charge in [-0.15, -0.1) is 0 Å². The van der Waals surface area contributed by atoms with Crippen LogP contribution in [0.2, 0.25) is 0 Å². The summed E-state index contributed by atoms with van der Waals surface area (Å²) < 4.78 is 0. The highest BCUT2D eigenvalue weighted by atomic mass is 16.2. The second-order valence-electron chi connectivity index (χ2n) is 7.05. The van der Waals surface area contributed by atoms with Crippen LogP contribution in [-0.4, -0.2) is 65.9 Å². The Morgan fingerprint density at radius 3 is 2.58 bits per heavy atom. The predicted molar refractivity (Wildman–Crippen MR) is 93.2 cm³/mol. The van der Waals surface area contributed by atoms with Crippen molar-refractivity contribution < 1.29 is 4.79 Å². The van der Waals surface area contributed by atoms with Gasteiger partial charge in [0.25, 0.3) is 0 Å². The van der Waals surface area contributed by atoms with Crippen LogP contribution in [0.3, 0.4) is 0 Å². The highest BCUT2D eigenvalue weighted by Gasteiger charge is 2.35. The predicted octanol–water partition coefficient (Wildman–Crippen LogP) is 1.54. The summed E-state index contributed by atoms with van der Waals surface area (Å²) in [4.78, 5) is 18.4. The number of nitrogens with zero attached hydrogens (tertiary/aromatic N) is 4. The summed E-state index contributed by atoms with van der Waals surface area (Å²) in [5.74, 6) is 0.798. The summed E-state index contributed by atoms with van der Waals surface area (Å²) in [5, 5.41) is 9.26. The van der Waals surface area contributed by atoms with Gasteiger partial charge in [-0.3, -0.25) is 14.6 Å². The van der Waals surface area contributed by atoms with E-state index in [0.29, 0.717) is 12.0 Å². The first-order chi connectivity index (χ1) is 11.6. The van der Waals surface area contributed by atoms with Gasteiger partial charge >= 0.3 is 0 Å². The average molecular weight is 326 g/mol. The van der Waals surface area contributed by atoms with Gasteiger partial charge in [0, 0.05) is 58.8 Å². The number of rotatable bonds is 3. The van der Waals surface area contributed by atoms with Crippen LogP contribution < -0.4 is 0 Å². The molecule has 5 nitrogen and oxygen atoms in total. The van der Waals surface area contributed by atoms with Crippen molar-refractivity contribution in [1.29, 1.82) is 5.26 Å². The zero-order valence-electron chi connectivity index (χ0n) is 14.6. The van der Waals surface area contributed by atoms with E-state index in [9.17, 15) is 10.1 Å². The van der Waals surface area contributed by atoms with E-state index in [4.69, 9.17) is 0 Å². The molecule has 0 bridgehead atoms. The summed E-state index contributed by atoms with van der Waals surface area (Å²) in [6.07, 6.45) is 0. The van der Waals surface area contributed by atoms with E-state index in [0.717, 1.165) is 56.9 Å². The van der Waals surface area contributed by atoms with Gasteiger partial charge in [-0.05, 0) is 17.5 Å². The third-order valence-electron chi connectivity index (χ3n) is 5.41. The second-order valence-corrected chi connectivity index (χ2v) is 7.05. The number of nitriles is 1. The standard InChI is InChI=1S/C19H26N4O/c1-15-12-21(13-18-6-4-3-5-17(18)11-20)14-19(15)23-9-7-22(8-10-23)16(2)24/h3-6,15,19H,7-10,12-14H2,1-2H3/t15-,19-/m0/s1. The third-order valence-corrected chi connectivity index (χ3v) is 5.41. The molecule has 2 aliphatic heterocycles. The normalized spacial score (nSPS) is 25.6. The number of amides is 1. The Balaban J connectivity index is 1.59. The van der Waals surface area contributed by atoms with Gasteiger partial charge in [-0.25, -0.2) is 0 Å². The van der Waals surface area contributed by atoms with Crippen LogP contribution in [-0.2, 0) is 11.3 Å². The summed E-state index contributed by atoms with van der Waals surface area (Å²) in [6.45, 7) is 10.6. The van der Waals surface area contributed by atoms with Crippen LogP contribution in [0.25, 0.3) is 0 Å². The number of hydrogen-bond acceptors (Lipinski definition) is 4. The highest BCUT2D eigenvalue weighted by Crippen LogP contribution is 2.25. The fourth-order valence-corrected chi connectivity index (χ4v) is 4.03. The molecule has 1 amide bonds. The molecule has 0 N–H and O–H groups in total. The average Bonchev–Trinajstić information content (AvgIpc) is 2.96. The van der Waals surface area contributed by atoms with E-state index in [1.807, 2.05) is 23.1 Å². The minimum Gasteiger partial charge on any atom is -0.340 e. The summed E-state index contributed by atoms with van der Waals surface area (Å²) in [7, 11) is 0. The van der Waals surface area contributed by atoms with Crippen LogP contribution in [0.4, 0.5) is 0 Å². The van der Waals surface area contributed by atoms with Gasteiger partial charge in [0.1, 0.15) is 0 Å². The minimum absolute atomic E-state index is 0.184. The zero-order chi connectivity index (χ0) is 17.1. The molecule has 0 unspecified atom stereocenters. The van der Waals surface area contributed by atoms with Crippen molar-refractivity contribution in [3.8, 4) is 6.07 Å². The Labute approximate surface area is 144 Å². The van der Waals surface area contributed by atoms with Crippen molar-refractivity contribution in [3.05, 3.63) is 35.4 Å². The molecule has 2 atom stereocenters. The fraction of sp³-hybridized carbons (Fsp3) is 0.579. The molecule has 2 aliphatic rings. The monoisotopic (exact) mass is 326 g/mol. The Morgan fingerprint density at radius 1 is 1.21 bits per heavy atom. The molecule has 0 spiro atoms. The smallest absolute Gasteiger partial charge is 0.219 e. The van der Waals surface area contributed by atoms with Crippen LogP contribution in [0, 0.1) is 17.2 Å². The van der Waals surface area contributed by atoms with Crippen LogP contribution >= 0.6 is 0 Å². The number of piperazine rings is 1. The maximum atomic E-state index is 11.5. The van der Waals surface area contributed by atoms with Crippen molar-refractivity contribution in [2.75, 3.05) is 39.3 Å². The number of likely N-dealkylation sites (tertiary alicyclic amines) is 1. The number of benzene rings is 1. The van der Waals surface area contributed by atoms with Crippen LogP contribution in [0.5, 0.6) is 0 Å². The number of carbonyl (C=O) groups is 1. The lowest BCUT2D eigenvalue weighted by Gasteiger charge is -2.39. The molecule has 2 saturated heterocycles. The minimum atomic E-state index is 0.184. The lowest BCUT2D eigenvalue weighted by atomic mass is 10.0. The first-order valence-corrected chi connectivity index (χ1v) is 8.78. The van der Waals surface area contributed by atoms with Crippen molar-refractivity contribution in [2.24, 2.45) is 5.92 Å². The first kappa shape index (κ1) is 16.9. The second kappa shape index (κ2) is 7.33. The zero-order valence-corrected chi connectivity index (χ0v) is 14.6. The Hall–Kier alpha value is -1.90. The van der Waals surface area contributed by atoms with Gasteiger partial charge in [0.05, 0.1) is 11.6 Å². The Morgan fingerprint density at radius 2 is 1.92 bits per heavy atom. The molecule has 128 valence electrons. The van der Waals surface area contributed by atoms with Gasteiger partial charge in [0.2, 0.25) is 5.91 Å². The summed E-state index contributed by atoms with van der Waals surface area (Å²) >= 11 is 0. The topological polar surface area (TPSA) is 50.6 Å². The maximum Gasteiger partial charge on any atom is 0.219 e. The quantitative estimate of drug-likeness (QED) is 0.845. The summed E-state index contributed by atoms with van der Waals surface area (Å²) in [5.41, 5.74) is 1.90. The van der Waals surface area contributed by atoms with Crippen LogP contribution in [0.15, 0.2) is 24.3 Å². The molecular weight excluding hydrogens is 300 g/mol. The van der Waals surface area contributed by atoms with E-state index in [2.05, 4.69) is 28.9 Å². The molecule has 1 aromatic rings. The molecule has 0 radical (unpaired) electrons. The highest BCUT2D eigenvalue weighted by molar-refractivity contribution is 5.73. The van der Waals surface area contributed by atoms with Crippen molar-refractivity contribution in [3.63, 3.8) is 0 Å². The maximum absolute atomic E-state index is 11.5. The lowest BCUT2D eigenvalue weighted by Crippen LogP contribution is -2.53. The fourth-order valence-electron chi connectivity index (χ4n) is 4.03. The molecule has 0 aliphatic carbocycles. The van der Waals surface area contributed by atoms with E-state index in [1.54, 1.807) is 6.92 Å². The van der Waals surface area contributed by atoms with E-state index in [-0.39, 0.29) is 5.91 Å². The molecule has 0 aromatic heterocycles. The number of hydrogen-bond donors (Lipinski definition) is 0. The van der Waals surface area contributed by atoms with E-state index >= 15 is 0 Å². The molecule has 3 rings (SSSR count). The first-order valence-electron chi connectivity index (χ1n) is 8.78. The SMILES string of the molecule is CC(=O)N1CCN([C@H]2CN(Cc3ccccc3C#N)C[C@@H]2C)CC1. The molecule has 0 saturated carbocycles. The molecular formula is C19H26N4O. The summed E-state index contributed by atoms with van der Waals surface area (Å²) in [6, 6.07) is 10.7. The van der Waals surface area contributed by atoms with E-state index < -0.39 is 0 Å². The van der Waals surface area contributed by atoms with Gasteiger partial charge in [0.15, 0.2) is 0 Å². The van der Waals surface area contributed by atoms with Crippen LogP contribution in [0.1, 0.15) is 25.0 Å². The van der Waals surface area contributed by atoms with Crippen molar-refractivity contribution in [1.82, 2.24) is 14.7 Å². The van der Waals surface area contributed by atoms with Gasteiger partial charge in [-0.1, -0.05) is 25.1 Å². The van der Waals surface area contributed by atoms with Crippen molar-refractivity contribution in [2.45, 2.75) is 26.4 Å². The van der Waals surface area contributed by atoms with Gasteiger partial charge in [-0.2, -0.15) is 5.26 Å². The molecule has 5 heteroatoms. The molecule has 24 heavy (non-hydrogen) atoms. The third kappa shape index (κ3) is 3.61. The largest absolute Gasteiger partial charge is 0.340 e. The lowest BCUT2D eigenvalue weighted by molar-refractivity contribution is -0.130. The van der Waals surface area contributed by atoms with E-state index in [1.165, 1.54) is 0 Å². The van der Waals surface area contributed by atoms with Gasteiger partial charge < -0.3 is 4.90 Å². The van der Waals surface area contributed by atoms with Crippen molar-refractivity contribution >= 4 is 5.91 Å². The molecule has 2 fully saturated rings. The number of carbonyl (C=O) groups excluding carboxylic acids is 1. The Kier molecular flexibility index (Phi) is 5.17. The molecule has 2 heterocycles. The molecule has 1 aromatic carbocycles.